The summed E-state index contributed by atoms with van der Waals surface area (Å²) < 4.78 is 26.6. The molecule has 0 amide bonds. The van der Waals surface area contributed by atoms with Crippen LogP contribution >= 0.6 is 11.6 Å². The van der Waals surface area contributed by atoms with Crippen LogP contribution in [0.25, 0.3) is 0 Å². The summed E-state index contributed by atoms with van der Waals surface area (Å²) in [5.74, 6) is 0. The molecule has 2 rings (SSSR count). The van der Waals surface area contributed by atoms with Gasteiger partial charge in [0.15, 0.2) is 0 Å². The third-order valence-corrected chi connectivity index (χ3v) is 4.35. The highest BCUT2D eigenvalue weighted by molar-refractivity contribution is 7.92. The lowest BCUT2D eigenvalue weighted by Crippen LogP contribution is -2.15. The maximum Gasteiger partial charge on any atom is 0.263 e. The van der Waals surface area contributed by atoms with Gasteiger partial charge in [0, 0.05) is 17.3 Å². The highest BCUT2D eigenvalue weighted by Crippen LogP contribution is 2.25. The normalized spacial score (nSPS) is 11.3. The number of sulfonamides is 1. The third-order valence-electron chi connectivity index (χ3n) is 2.58. The molecule has 0 aliphatic heterocycles. The van der Waals surface area contributed by atoms with E-state index < -0.39 is 10.0 Å². The monoisotopic (exact) mass is 298 g/mol. The van der Waals surface area contributed by atoms with Gasteiger partial charge >= 0.3 is 0 Å². The SMILES string of the molecule is Cc1c(Cl)cccc1NS(=O)(=O)c1ccc(=O)[nH]c1. The summed E-state index contributed by atoms with van der Waals surface area (Å²) in [4.78, 5) is 13.2. The van der Waals surface area contributed by atoms with Gasteiger partial charge in [0.1, 0.15) is 4.90 Å². The van der Waals surface area contributed by atoms with Gasteiger partial charge in [-0.3, -0.25) is 9.52 Å². The van der Waals surface area contributed by atoms with E-state index in [0.29, 0.717) is 16.3 Å². The van der Waals surface area contributed by atoms with E-state index in [4.69, 9.17) is 11.6 Å². The molecule has 0 bridgehead atoms. The van der Waals surface area contributed by atoms with Crippen LogP contribution in [0.2, 0.25) is 5.02 Å². The average molecular weight is 299 g/mol. The zero-order chi connectivity index (χ0) is 14.0. The lowest BCUT2D eigenvalue weighted by atomic mass is 10.2. The van der Waals surface area contributed by atoms with Crippen molar-refractivity contribution in [2.24, 2.45) is 0 Å². The topological polar surface area (TPSA) is 79.0 Å². The summed E-state index contributed by atoms with van der Waals surface area (Å²) in [6, 6.07) is 7.33. The molecule has 100 valence electrons. The molecule has 0 radical (unpaired) electrons. The Balaban J connectivity index is 2.39. The minimum Gasteiger partial charge on any atom is -0.328 e. The number of aromatic nitrogens is 1. The van der Waals surface area contributed by atoms with Gasteiger partial charge < -0.3 is 4.98 Å². The van der Waals surface area contributed by atoms with Crippen LogP contribution in [0, 0.1) is 6.92 Å². The summed E-state index contributed by atoms with van der Waals surface area (Å²) >= 11 is 5.93. The van der Waals surface area contributed by atoms with E-state index in [1.807, 2.05) is 0 Å². The number of hydrogen-bond donors (Lipinski definition) is 2. The quantitative estimate of drug-likeness (QED) is 0.911. The molecule has 0 aliphatic rings. The number of rotatable bonds is 3. The molecule has 0 saturated heterocycles. The van der Waals surface area contributed by atoms with Gasteiger partial charge in [0.2, 0.25) is 5.56 Å². The summed E-state index contributed by atoms with van der Waals surface area (Å²) in [6.07, 6.45) is 1.14. The van der Waals surface area contributed by atoms with E-state index >= 15 is 0 Å². The summed E-state index contributed by atoms with van der Waals surface area (Å²) in [5.41, 5.74) is 0.675. The molecule has 19 heavy (non-hydrogen) atoms. The number of H-pyrrole nitrogens is 1. The van der Waals surface area contributed by atoms with Crippen LogP contribution in [0.3, 0.4) is 0 Å². The number of anilines is 1. The van der Waals surface area contributed by atoms with E-state index in [1.54, 1.807) is 25.1 Å². The summed E-state index contributed by atoms with van der Waals surface area (Å²) in [6.45, 7) is 1.72. The van der Waals surface area contributed by atoms with E-state index in [0.717, 1.165) is 12.3 Å². The van der Waals surface area contributed by atoms with Crippen LogP contribution < -0.4 is 10.3 Å². The lowest BCUT2D eigenvalue weighted by Gasteiger charge is -2.11. The smallest absolute Gasteiger partial charge is 0.263 e. The molecule has 0 saturated carbocycles. The number of aromatic amines is 1. The van der Waals surface area contributed by atoms with Gasteiger partial charge in [0.05, 0.1) is 5.69 Å². The fraction of sp³-hybridized carbons (Fsp3) is 0.0833. The van der Waals surface area contributed by atoms with Crippen LogP contribution in [0.4, 0.5) is 5.69 Å². The van der Waals surface area contributed by atoms with Gasteiger partial charge in [-0.15, -0.1) is 0 Å². The molecule has 0 atom stereocenters. The fourth-order valence-corrected chi connectivity index (χ4v) is 2.75. The van der Waals surface area contributed by atoms with Crippen molar-refractivity contribution in [2.75, 3.05) is 4.72 Å². The number of benzene rings is 1. The first-order valence-electron chi connectivity index (χ1n) is 5.37. The third kappa shape index (κ3) is 2.97. The van der Waals surface area contributed by atoms with Crippen molar-refractivity contribution in [2.45, 2.75) is 11.8 Å². The Hall–Kier alpha value is -1.79. The van der Waals surface area contributed by atoms with Crippen LogP contribution in [0.5, 0.6) is 0 Å². The molecule has 5 nitrogen and oxygen atoms in total. The first-order chi connectivity index (χ1) is 8.90. The molecule has 2 aromatic rings. The predicted molar refractivity (Wildman–Crippen MR) is 74.1 cm³/mol. The maximum atomic E-state index is 12.1. The van der Waals surface area contributed by atoms with Gasteiger partial charge in [-0.2, -0.15) is 0 Å². The van der Waals surface area contributed by atoms with Crippen LogP contribution in [-0.2, 0) is 10.0 Å². The molecule has 0 aliphatic carbocycles. The summed E-state index contributed by atoms with van der Waals surface area (Å²) in [5, 5.41) is 0.474. The van der Waals surface area contributed by atoms with Crippen molar-refractivity contribution in [3.63, 3.8) is 0 Å². The Morgan fingerprint density at radius 2 is 1.95 bits per heavy atom. The second-order valence-corrected chi connectivity index (χ2v) is 6.00. The Morgan fingerprint density at radius 3 is 2.58 bits per heavy atom. The number of pyridine rings is 1. The lowest BCUT2D eigenvalue weighted by molar-refractivity contribution is 0.600. The van der Waals surface area contributed by atoms with E-state index in [1.165, 1.54) is 6.07 Å². The predicted octanol–water partition coefficient (Wildman–Crippen LogP) is 2.14. The van der Waals surface area contributed by atoms with Gasteiger partial charge in [-0.25, -0.2) is 8.42 Å². The second kappa shape index (κ2) is 5.07. The molecule has 1 aromatic heterocycles. The average Bonchev–Trinajstić information content (AvgIpc) is 2.35. The van der Waals surface area contributed by atoms with E-state index in [9.17, 15) is 13.2 Å². The number of nitrogens with one attached hydrogen (secondary N) is 2. The number of hydrogen-bond acceptors (Lipinski definition) is 3. The first-order valence-corrected chi connectivity index (χ1v) is 7.23. The molecule has 0 fully saturated rings. The minimum atomic E-state index is -3.75. The maximum absolute atomic E-state index is 12.1. The molecular formula is C12H11ClN2O3S. The second-order valence-electron chi connectivity index (χ2n) is 3.91. The molecule has 2 N–H and O–H groups in total. The van der Waals surface area contributed by atoms with Crippen molar-refractivity contribution in [1.29, 1.82) is 0 Å². The molecule has 1 heterocycles. The Labute approximate surface area is 115 Å². The largest absolute Gasteiger partial charge is 0.328 e. The van der Waals surface area contributed by atoms with Crippen molar-refractivity contribution < 1.29 is 8.42 Å². The summed E-state index contributed by atoms with van der Waals surface area (Å²) in [7, 11) is -3.75. The molecule has 0 spiro atoms. The highest BCUT2D eigenvalue weighted by Gasteiger charge is 2.15. The minimum absolute atomic E-state index is 0.0218. The Morgan fingerprint density at radius 1 is 1.21 bits per heavy atom. The fourth-order valence-electron chi connectivity index (χ4n) is 1.49. The van der Waals surface area contributed by atoms with Crippen molar-refractivity contribution in [3.05, 3.63) is 57.5 Å². The number of halogens is 1. The van der Waals surface area contributed by atoms with E-state index in [-0.39, 0.29) is 10.5 Å². The van der Waals surface area contributed by atoms with Crippen LogP contribution in [0.1, 0.15) is 5.56 Å². The molecular weight excluding hydrogens is 288 g/mol. The zero-order valence-corrected chi connectivity index (χ0v) is 11.5. The Bertz CT molecular complexity index is 748. The standard InChI is InChI=1S/C12H11ClN2O3S/c1-8-10(13)3-2-4-11(8)15-19(17,18)9-5-6-12(16)14-7-9/h2-7,15H,1H3,(H,14,16). The van der Waals surface area contributed by atoms with Gasteiger partial charge in [-0.1, -0.05) is 17.7 Å². The van der Waals surface area contributed by atoms with Crippen LogP contribution in [-0.4, -0.2) is 13.4 Å². The van der Waals surface area contributed by atoms with Crippen molar-refractivity contribution in [3.8, 4) is 0 Å². The zero-order valence-electron chi connectivity index (χ0n) is 9.98. The van der Waals surface area contributed by atoms with Crippen molar-refractivity contribution in [1.82, 2.24) is 4.98 Å². The molecule has 1 aromatic carbocycles. The Kier molecular flexibility index (Phi) is 3.64. The van der Waals surface area contributed by atoms with Gasteiger partial charge in [0.25, 0.3) is 10.0 Å². The molecule has 0 unspecified atom stereocenters. The van der Waals surface area contributed by atoms with Crippen molar-refractivity contribution >= 4 is 27.3 Å². The highest BCUT2D eigenvalue weighted by atomic mass is 35.5. The van der Waals surface area contributed by atoms with Gasteiger partial charge in [-0.05, 0) is 30.7 Å². The molecule has 7 heteroatoms. The first kappa shape index (κ1) is 13.6. The van der Waals surface area contributed by atoms with E-state index in [2.05, 4.69) is 9.71 Å². The van der Waals surface area contributed by atoms with Crippen LogP contribution in [0.15, 0.2) is 46.2 Å².